The summed E-state index contributed by atoms with van der Waals surface area (Å²) >= 11 is 0. The quantitative estimate of drug-likeness (QED) is 0.344. The van der Waals surface area contributed by atoms with Crippen molar-refractivity contribution < 1.29 is 4.79 Å². The summed E-state index contributed by atoms with van der Waals surface area (Å²) in [5, 5.41) is 3.24. The van der Waals surface area contributed by atoms with Crippen molar-refractivity contribution in [2.24, 2.45) is 5.73 Å². The lowest BCUT2D eigenvalue weighted by atomic mass is 9.87. The fraction of sp³-hybridized carbons (Fsp3) is 0.514. The van der Waals surface area contributed by atoms with Crippen LogP contribution in [0.5, 0.6) is 0 Å². The molecule has 2 aliphatic heterocycles. The molecule has 41 heavy (non-hydrogen) atoms. The number of carbonyl (C=O) groups excluding carboxylic acids is 1. The number of benzene rings is 1. The van der Waals surface area contributed by atoms with Gasteiger partial charge in [0.1, 0.15) is 0 Å². The van der Waals surface area contributed by atoms with Crippen LogP contribution in [0.1, 0.15) is 76.2 Å². The number of carbonyl (C=O) groups is 1. The first kappa shape index (κ1) is 35.9. The smallest absolute Gasteiger partial charge is 0.253 e. The minimum atomic E-state index is 0.0513. The molecule has 1 aromatic carbocycles. The molecule has 2 aliphatic rings. The molecule has 1 saturated heterocycles. The van der Waals surface area contributed by atoms with Gasteiger partial charge in [0.15, 0.2) is 0 Å². The number of amides is 1. The third-order valence-corrected chi connectivity index (χ3v) is 7.47. The SMILES string of the molecule is C=C(/C=C(\C)C(C)N1CCC(c2ccc(C(=O)N(C)C)cc2)CC1)/C(=C\CN(C)C)C1=CC=C(N)NC1.CC.CC. The van der Waals surface area contributed by atoms with Crippen LogP contribution in [0, 0.1) is 0 Å². The first-order valence-electron chi connectivity index (χ1n) is 15.3. The fourth-order valence-electron chi connectivity index (χ4n) is 4.97. The molecule has 0 saturated carbocycles. The summed E-state index contributed by atoms with van der Waals surface area (Å²) in [4.78, 5) is 18.5. The maximum Gasteiger partial charge on any atom is 0.253 e. The van der Waals surface area contributed by atoms with E-state index in [1.807, 2.05) is 45.9 Å². The number of nitrogens with two attached hydrogens (primary N) is 1. The lowest BCUT2D eigenvalue weighted by Gasteiger charge is -2.37. The minimum Gasteiger partial charge on any atom is -0.386 e. The molecule has 3 rings (SSSR count). The molecule has 0 spiro atoms. The van der Waals surface area contributed by atoms with Gasteiger partial charge in [-0.3, -0.25) is 9.69 Å². The van der Waals surface area contributed by atoms with Gasteiger partial charge in [0.25, 0.3) is 5.91 Å². The highest BCUT2D eigenvalue weighted by molar-refractivity contribution is 5.93. The molecule has 3 N–H and O–H groups in total. The Morgan fingerprint density at radius 2 is 1.66 bits per heavy atom. The zero-order chi connectivity index (χ0) is 31.1. The number of piperidine rings is 1. The van der Waals surface area contributed by atoms with E-state index in [4.69, 9.17) is 5.73 Å². The molecule has 0 radical (unpaired) electrons. The molecule has 1 unspecified atom stereocenters. The van der Waals surface area contributed by atoms with Gasteiger partial charge in [-0.15, -0.1) is 0 Å². The second-order valence-electron chi connectivity index (χ2n) is 10.8. The summed E-state index contributed by atoms with van der Waals surface area (Å²) in [6, 6.07) is 8.55. The Morgan fingerprint density at radius 1 is 1.07 bits per heavy atom. The maximum absolute atomic E-state index is 12.2. The number of hydrogen-bond donors (Lipinski definition) is 2. The summed E-state index contributed by atoms with van der Waals surface area (Å²) in [7, 11) is 7.73. The lowest BCUT2D eigenvalue weighted by molar-refractivity contribution is 0.0827. The van der Waals surface area contributed by atoms with E-state index in [-0.39, 0.29) is 5.91 Å². The Labute approximate surface area is 251 Å². The van der Waals surface area contributed by atoms with E-state index in [2.05, 4.69) is 80.0 Å². The number of likely N-dealkylation sites (N-methyl/N-ethyl adjacent to an activating group) is 1. The molecular weight excluding hydrogens is 506 g/mol. The molecule has 1 atom stereocenters. The van der Waals surface area contributed by atoms with Gasteiger partial charge in [0.05, 0.1) is 5.82 Å². The van der Waals surface area contributed by atoms with Crippen molar-refractivity contribution in [2.75, 3.05) is 54.4 Å². The largest absolute Gasteiger partial charge is 0.386 e. The van der Waals surface area contributed by atoms with Gasteiger partial charge in [-0.25, -0.2) is 0 Å². The minimum absolute atomic E-state index is 0.0513. The van der Waals surface area contributed by atoms with Crippen LogP contribution in [0.25, 0.3) is 0 Å². The predicted octanol–water partition coefficient (Wildman–Crippen LogP) is 6.33. The Morgan fingerprint density at radius 3 is 2.15 bits per heavy atom. The summed E-state index contributed by atoms with van der Waals surface area (Å²) in [5.41, 5.74) is 12.7. The average molecular weight is 564 g/mol. The molecule has 1 fully saturated rings. The van der Waals surface area contributed by atoms with Gasteiger partial charge in [0.2, 0.25) is 0 Å². The highest BCUT2D eigenvalue weighted by atomic mass is 16.2. The van der Waals surface area contributed by atoms with E-state index in [1.165, 1.54) is 22.3 Å². The second-order valence-corrected chi connectivity index (χ2v) is 10.8. The molecule has 6 nitrogen and oxygen atoms in total. The highest BCUT2D eigenvalue weighted by Crippen LogP contribution is 2.31. The predicted molar refractivity (Wildman–Crippen MR) is 178 cm³/mol. The zero-order valence-corrected chi connectivity index (χ0v) is 27.6. The van der Waals surface area contributed by atoms with E-state index in [0.29, 0.717) is 24.3 Å². The van der Waals surface area contributed by atoms with Crippen LogP contribution in [-0.4, -0.2) is 81.0 Å². The van der Waals surface area contributed by atoms with Gasteiger partial charge >= 0.3 is 0 Å². The number of likely N-dealkylation sites (tertiary alicyclic amines) is 1. The molecule has 1 aromatic rings. The highest BCUT2D eigenvalue weighted by Gasteiger charge is 2.25. The van der Waals surface area contributed by atoms with Gasteiger partial charge in [0, 0.05) is 38.8 Å². The van der Waals surface area contributed by atoms with Gasteiger partial charge in [-0.2, -0.15) is 0 Å². The second kappa shape index (κ2) is 18.4. The summed E-state index contributed by atoms with van der Waals surface area (Å²) in [6.45, 7) is 20.6. The third kappa shape index (κ3) is 11.0. The standard InChI is InChI=1S/C31H45N5O.2C2H6/c1-22(20-23(2)29(16-17-34(4)5)28-12-13-30(32)33-21-28)24(3)36-18-14-26(15-19-36)25-8-10-27(11-9-25)31(37)35(6)7;2*1-2/h8-13,16,20,24,26,33H,2,14-15,17-19,21,32H2,1,3-7H3;2*1-2H3/b22-20+,29-16+;;. The molecule has 1 amide bonds. The molecule has 6 heteroatoms. The number of nitrogens with one attached hydrogen (secondary N) is 1. The van der Waals surface area contributed by atoms with Gasteiger partial charge in [-0.05, 0) is 100 Å². The number of nitrogens with zero attached hydrogens (tertiary/aromatic N) is 3. The number of allylic oxidation sites excluding steroid dienone is 4. The van der Waals surface area contributed by atoms with Crippen molar-refractivity contribution in [3.63, 3.8) is 0 Å². The Bertz CT molecular complexity index is 1080. The molecule has 0 aromatic heterocycles. The van der Waals surface area contributed by atoms with E-state index < -0.39 is 0 Å². The zero-order valence-electron chi connectivity index (χ0n) is 27.6. The maximum atomic E-state index is 12.2. The van der Waals surface area contributed by atoms with Crippen molar-refractivity contribution in [1.29, 1.82) is 0 Å². The molecule has 0 bridgehead atoms. The Balaban J connectivity index is 0.00000201. The normalized spacial score (nSPS) is 17.1. The van der Waals surface area contributed by atoms with E-state index in [9.17, 15) is 4.79 Å². The topological polar surface area (TPSA) is 64.8 Å². The third-order valence-electron chi connectivity index (χ3n) is 7.47. The van der Waals surface area contributed by atoms with Crippen LogP contribution >= 0.6 is 0 Å². The average Bonchev–Trinajstić information content (AvgIpc) is 2.99. The Kier molecular flexibility index (Phi) is 16.1. The van der Waals surface area contributed by atoms with E-state index >= 15 is 0 Å². The lowest BCUT2D eigenvalue weighted by Crippen LogP contribution is -2.40. The fourth-order valence-corrected chi connectivity index (χ4v) is 4.97. The van der Waals surface area contributed by atoms with Crippen LogP contribution in [0.2, 0.25) is 0 Å². The summed E-state index contributed by atoms with van der Waals surface area (Å²) < 4.78 is 0. The molecule has 228 valence electrons. The van der Waals surface area contributed by atoms with Crippen LogP contribution < -0.4 is 11.1 Å². The van der Waals surface area contributed by atoms with Crippen LogP contribution in [0.15, 0.2) is 83.3 Å². The van der Waals surface area contributed by atoms with Crippen LogP contribution in [0.3, 0.4) is 0 Å². The van der Waals surface area contributed by atoms with Gasteiger partial charge in [-0.1, -0.05) is 70.2 Å². The number of rotatable bonds is 9. The van der Waals surface area contributed by atoms with Crippen molar-refractivity contribution >= 4 is 5.91 Å². The first-order chi connectivity index (χ1) is 19.6. The van der Waals surface area contributed by atoms with Gasteiger partial charge < -0.3 is 20.9 Å². The first-order valence-corrected chi connectivity index (χ1v) is 15.3. The van der Waals surface area contributed by atoms with Crippen molar-refractivity contribution in [2.45, 2.75) is 66.3 Å². The molecule has 2 heterocycles. The number of hydrogen-bond acceptors (Lipinski definition) is 5. The van der Waals surface area contributed by atoms with Crippen LogP contribution in [0.4, 0.5) is 0 Å². The molecule has 0 aliphatic carbocycles. The van der Waals surface area contributed by atoms with E-state index in [0.717, 1.165) is 43.6 Å². The van der Waals surface area contributed by atoms with Crippen molar-refractivity contribution in [3.8, 4) is 0 Å². The van der Waals surface area contributed by atoms with Crippen molar-refractivity contribution in [1.82, 2.24) is 20.0 Å². The van der Waals surface area contributed by atoms with E-state index in [1.54, 1.807) is 19.0 Å². The monoisotopic (exact) mass is 563 g/mol. The van der Waals surface area contributed by atoms with Crippen LogP contribution in [-0.2, 0) is 0 Å². The molecular formula is C35H57N5O. The summed E-state index contributed by atoms with van der Waals surface area (Å²) in [5.74, 6) is 1.29. The number of dihydropyridines is 1. The Hall–Kier alpha value is -3.09. The van der Waals surface area contributed by atoms with Crippen molar-refractivity contribution in [3.05, 3.63) is 94.4 Å². The summed E-state index contributed by atoms with van der Waals surface area (Å²) in [6.07, 6.45) is 10.8.